The molecule has 2 heterocycles. The van der Waals surface area contributed by atoms with Gasteiger partial charge in [-0.1, -0.05) is 0 Å². The first-order valence-electron chi connectivity index (χ1n) is 6.29. The van der Waals surface area contributed by atoms with E-state index >= 15 is 0 Å². The summed E-state index contributed by atoms with van der Waals surface area (Å²) in [7, 11) is 0. The molecule has 1 aromatic heterocycles. The van der Waals surface area contributed by atoms with Crippen LogP contribution in [-0.2, 0) is 11.3 Å². The third-order valence-electron chi connectivity index (χ3n) is 3.19. The highest BCUT2D eigenvalue weighted by Gasteiger charge is 2.21. The topological polar surface area (TPSA) is 56.5 Å². The average Bonchev–Trinajstić information content (AvgIpc) is 2.96. The maximum atomic E-state index is 5.51. The summed E-state index contributed by atoms with van der Waals surface area (Å²) in [6.07, 6.45) is 3.79. The lowest BCUT2D eigenvalue weighted by Crippen LogP contribution is -2.46. The zero-order valence-corrected chi connectivity index (χ0v) is 9.85. The Labute approximate surface area is 100 Å². The van der Waals surface area contributed by atoms with E-state index in [1.165, 1.54) is 19.3 Å². The summed E-state index contributed by atoms with van der Waals surface area (Å²) in [5.74, 6) is 2.07. The molecule has 0 bridgehead atoms. The molecule has 0 aromatic carbocycles. The van der Waals surface area contributed by atoms with Crippen molar-refractivity contribution in [2.24, 2.45) is 5.92 Å². The smallest absolute Gasteiger partial charge is 0.254 e. The van der Waals surface area contributed by atoms with Crippen molar-refractivity contribution in [2.75, 3.05) is 19.8 Å². The second-order valence-electron chi connectivity index (χ2n) is 4.84. The lowest BCUT2D eigenvalue weighted by molar-refractivity contribution is 0.0923. The molecule has 1 N–H and O–H groups in total. The first-order valence-corrected chi connectivity index (χ1v) is 6.29. The van der Waals surface area contributed by atoms with Crippen molar-refractivity contribution in [1.29, 1.82) is 0 Å². The largest absolute Gasteiger partial charge is 0.474 e. The van der Waals surface area contributed by atoms with Gasteiger partial charge in [0.15, 0.2) is 5.76 Å². The van der Waals surface area contributed by atoms with E-state index in [4.69, 9.17) is 14.0 Å². The van der Waals surface area contributed by atoms with E-state index < -0.39 is 0 Å². The molecule has 17 heavy (non-hydrogen) atoms. The fourth-order valence-corrected chi connectivity index (χ4v) is 1.72. The molecule has 1 saturated carbocycles. The van der Waals surface area contributed by atoms with E-state index in [1.807, 2.05) is 6.07 Å². The standard InChI is InChI=1S/C12H18N2O3/c1-2-9(1)6-15-8-11-5-12(14-17-11)16-7-10-3-4-13-10/h5,9-10,13H,1-4,6-8H2/t10-/m0/s1. The van der Waals surface area contributed by atoms with Crippen LogP contribution in [0.4, 0.5) is 0 Å². The van der Waals surface area contributed by atoms with Gasteiger partial charge in [-0.15, -0.1) is 0 Å². The monoisotopic (exact) mass is 238 g/mol. The molecule has 1 saturated heterocycles. The summed E-state index contributed by atoms with van der Waals surface area (Å²) >= 11 is 0. The summed E-state index contributed by atoms with van der Waals surface area (Å²) in [6.45, 7) is 3.08. The van der Waals surface area contributed by atoms with Gasteiger partial charge < -0.3 is 19.3 Å². The zero-order valence-electron chi connectivity index (χ0n) is 9.85. The van der Waals surface area contributed by atoms with Crippen LogP contribution in [0.5, 0.6) is 5.88 Å². The van der Waals surface area contributed by atoms with E-state index in [2.05, 4.69) is 10.5 Å². The number of ether oxygens (including phenoxy) is 2. The molecule has 2 aliphatic rings. The Morgan fingerprint density at radius 2 is 2.24 bits per heavy atom. The molecule has 5 heteroatoms. The van der Waals surface area contributed by atoms with Crippen LogP contribution in [0, 0.1) is 5.92 Å². The van der Waals surface area contributed by atoms with Gasteiger partial charge in [0.25, 0.3) is 5.88 Å². The molecular formula is C12H18N2O3. The summed E-state index contributed by atoms with van der Waals surface area (Å²) in [6, 6.07) is 2.28. The summed E-state index contributed by atoms with van der Waals surface area (Å²) in [5.41, 5.74) is 0. The van der Waals surface area contributed by atoms with Gasteiger partial charge in [0, 0.05) is 18.7 Å². The fourth-order valence-electron chi connectivity index (χ4n) is 1.72. The highest BCUT2D eigenvalue weighted by Crippen LogP contribution is 2.29. The number of nitrogens with zero attached hydrogens (tertiary/aromatic N) is 1. The fraction of sp³-hybridized carbons (Fsp3) is 0.750. The van der Waals surface area contributed by atoms with Gasteiger partial charge in [-0.2, -0.15) is 0 Å². The highest BCUT2D eigenvalue weighted by molar-refractivity contribution is 5.10. The Bertz CT molecular complexity index is 358. The normalized spacial score (nSPS) is 23.4. The minimum absolute atomic E-state index is 0.473. The van der Waals surface area contributed by atoms with Crippen molar-refractivity contribution in [3.05, 3.63) is 11.8 Å². The van der Waals surface area contributed by atoms with Gasteiger partial charge in [-0.05, 0) is 36.9 Å². The van der Waals surface area contributed by atoms with Crippen molar-refractivity contribution in [3.63, 3.8) is 0 Å². The van der Waals surface area contributed by atoms with Crippen LogP contribution in [0.1, 0.15) is 25.0 Å². The maximum absolute atomic E-state index is 5.51. The van der Waals surface area contributed by atoms with Gasteiger partial charge in [-0.3, -0.25) is 0 Å². The number of aromatic nitrogens is 1. The molecule has 1 aliphatic carbocycles. The Kier molecular flexibility index (Phi) is 3.29. The van der Waals surface area contributed by atoms with Crippen molar-refractivity contribution < 1.29 is 14.0 Å². The van der Waals surface area contributed by atoms with Crippen molar-refractivity contribution in [1.82, 2.24) is 10.5 Å². The van der Waals surface area contributed by atoms with Gasteiger partial charge in [-0.25, -0.2) is 0 Å². The lowest BCUT2D eigenvalue weighted by Gasteiger charge is -2.26. The van der Waals surface area contributed by atoms with Crippen molar-refractivity contribution >= 4 is 0 Å². The van der Waals surface area contributed by atoms with E-state index in [-0.39, 0.29) is 0 Å². The van der Waals surface area contributed by atoms with E-state index in [1.54, 1.807) is 0 Å². The molecule has 1 aromatic rings. The van der Waals surface area contributed by atoms with Gasteiger partial charge in [0.1, 0.15) is 13.2 Å². The van der Waals surface area contributed by atoms with Crippen molar-refractivity contribution in [3.8, 4) is 5.88 Å². The Morgan fingerprint density at radius 3 is 2.94 bits per heavy atom. The molecule has 94 valence electrons. The molecular weight excluding hydrogens is 220 g/mol. The van der Waals surface area contributed by atoms with Crippen LogP contribution in [-0.4, -0.2) is 31.0 Å². The van der Waals surface area contributed by atoms with Crippen LogP contribution in [0.3, 0.4) is 0 Å². The molecule has 0 amide bonds. The molecule has 0 radical (unpaired) electrons. The predicted molar refractivity (Wildman–Crippen MR) is 60.8 cm³/mol. The van der Waals surface area contributed by atoms with Gasteiger partial charge in [0.2, 0.25) is 0 Å². The van der Waals surface area contributed by atoms with Crippen molar-refractivity contribution in [2.45, 2.75) is 31.9 Å². The minimum atomic E-state index is 0.473. The Morgan fingerprint density at radius 1 is 1.35 bits per heavy atom. The second kappa shape index (κ2) is 5.06. The van der Waals surface area contributed by atoms with Crippen LogP contribution >= 0.6 is 0 Å². The Hall–Kier alpha value is -1.07. The molecule has 1 atom stereocenters. The Balaban J connectivity index is 1.37. The predicted octanol–water partition coefficient (Wildman–Crippen LogP) is 1.34. The van der Waals surface area contributed by atoms with Gasteiger partial charge in [0.05, 0.1) is 0 Å². The number of nitrogens with one attached hydrogen (secondary N) is 1. The third kappa shape index (κ3) is 3.20. The third-order valence-corrected chi connectivity index (χ3v) is 3.19. The molecule has 1 aliphatic heterocycles. The zero-order chi connectivity index (χ0) is 11.5. The summed E-state index contributed by atoms with van der Waals surface area (Å²) in [4.78, 5) is 0. The molecule has 2 fully saturated rings. The maximum Gasteiger partial charge on any atom is 0.254 e. The van der Waals surface area contributed by atoms with E-state index in [0.29, 0.717) is 25.1 Å². The van der Waals surface area contributed by atoms with E-state index in [9.17, 15) is 0 Å². The molecule has 0 unspecified atom stereocenters. The number of hydrogen-bond acceptors (Lipinski definition) is 5. The van der Waals surface area contributed by atoms with Gasteiger partial charge >= 0.3 is 0 Å². The van der Waals surface area contributed by atoms with Crippen LogP contribution in [0.15, 0.2) is 10.6 Å². The highest BCUT2D eigenvalue weighted by atomic mass is 16.5. The first-order chi connectivity index (χ1) is 8.40. The van der Waals surface area contributed by atoms with Crippen LogP contribution in [0.2, 0.25) is 0 Å². The average molecular weight is 238 g/mol. The number of hydrogen-bond donors (Lipinski definition) is 1. The minimum Gasteiger partial charge on any atom is -0.474 e. The summed E-state index contributed by atoms with van der Waals surface area (Å²) in [5, 5.41) is 7.12. The quantitative estimate of drug-likeness (QED) is 0.777. The first kappa shape index (κ1) is 11.0. The second-order valence-corrected chi connectivity index (χ2v) is 4.84. The van der Waals surface area contributed by atoms with Crippen LogP contribution in [0.25, 0.3) is 0 Å². The molecule has 0 spiro atoms. The van der Waals surface area contributed by atoms with Crippen LogP contribution < -0.4 is 10.1 Å². The molecule has 3 rings (SSSR count). The SMILES string of the molecule is c1c(OC[C@@H]2CCN2)noc1COCC1CC1. The lowest BCUT2D eigenvalue weighted by atomic mass is 10.1. The summed E-state index contributed by atoms with van der Waals surface area (Å²) < 4.78 is 16.2. The molecule has 5 nitrogen and oxygen atoms in total. The van der Waals surface area contributed by atoms with E-state index in [0.717, 1.165) is 24.8 Å². The number of rotatable bonds is 7.